The molecule has 0 amide bonds. The highest BCUT2D eigenvalue weighted by molar-refractivity contribution is 5.77. The molecule has 0 radical (unpaired) electrons. The molecule has 1 aromatic carbocycles. The van der Waals surface area contributed by atoms with Gasteiger partial charge in [0.15, 0.2) is 0 Å². The van der Waals surface area contributed by atoms with Crippen molar-refractivity contribution in [1.29, 1.82) is 0 Å². The number of aryl methyl sites for hydroxylation is 1. The first-order valence-electron chi connectivity index (χ1n) is 4.81. The first-order valence-corrected chi connectivity index (χ1v) is 4.81. The molecule has 0 atom stereocenters. The van der Waals surface area contributed by atoms with Gasteiger partial charge in [-0.2, -0.15) is 5.10 Å². The van der Waals surface area contributed by atoms with Gasteiger partial charge >= 0.3 is 0 Å². The lowest BCUT2D eigenvalue weighted by molar-refractivity contribution is 0.189. The molecule has 0 aliphatic rings. The zero-order valence-corrected chi connectivity index (χ0v) is 8.31. The lowest BCUT2D eigenvalue weighted by Crippen LogP contribution is -2.01. The highest BCUT2D eigenvalue weighted by Gasteiger charge is 1.98. The van der Waals surface area contributed by atoms with Gasteiger partial charge in [-0.1, -0.05) is 18.2 Å². The Balaban J connectivity index is 2.11. The molecule has 0 spiro atoms. The van der Waals surface area contributed by atoms with Crippen molar-refractivity contribution in [2.75, 3.05) is 13.7 Å². The summed E-state index contributed by atoms with van der Waals surface area (Å²) in [7, 11) is 1.72. The van der Waals surface area contributed by atoms with Crippen LogP contribution in [0.2, 0.25) is 0 Å². The van der Waals surface area contributed by atoms with Crippen LogP contribution in [-0.4, -0.2) is 23.5 Å². The zero-order chi connectivity index (χ0) is 9.80. The molecule has 0 N–H and O–H groups in total. The van der Waals surface area contributed by atoms with Crippen molar-refractivity contribution in [1.82, 2.24) is 9.78 Å². The van der Waals surface area contributed by atoms with E-state index in [4.69, 9.17) is 4.74 Å². The Morgan fingerprint density at radius 3 is 3.00 bits per heavy atom. The molecule has 3 heteroatoms. The second-order valence-corrected chi connectivity index (χ2v) is 3.30. The molecule has 0 bridgehead atoms. The molecule has 3 nitrogen and oxygen atoms in total. The number of benzene rings is 1. The Labute approximate surface area is 83.3 Å². The minimum Gasteiger partial charge on any atom is -0.385 e. The quantitative estimate of drug-likeness (QED) is 0.690. The maximum absolute atomic E-state index is 5.00. The Kier molecular flexibility index (Phi) is 2.79. The first kappa shape index (κ1) is 9.21. The van der Waals surface area contributed by atoms with E-state index >= 15 is 0 Å². The van der Waals surface area contributed by atoms with Crippen LogP contribution in [0, 0.1) is 0 Å². The zero-order valence-electron chi connectivity index (χ0n) is 8.31. The second-order valence-electron chi connectivity index (χ2n) is 3.30. The van der Waals surface area contributed by atoms with Crippen molar-refractivity contribution < 1.29 is 4.74 Å². The largest absolute Gasteiger partial charge is 0.385 e. The Bertz CT molecular complexity index is 375. The number of hydrogen-bond acceptors (Lipinski definition) is 2. The van der Waals surface area contributed by atoms with Gasteiger partial charge in [-0.25, -0.2) is 0 Å². The summed E-state index contributed by atoms with van der Waals surface area (Å²) in [5.74, 6) is 0. The monoisotopic (exact) mass is 190 g/mol. The number of rotatable bonds is 4. The summed E-state index contributed by atoms with van der Waals surface area (Å²) in [6.45, 7) is 1.71. The van der Waals surface area contributed by atoms with E-state index in [1.165, 1.54) is 5.39 Å². The maximum Gasteiger partial charge on any atom is 0.0923 e. The van der Waals surface area contributed by atoms with Gasteiger partial charge in [0, 0.05) is 31.8 Å². The highest BCUT2D eigenvalue weighted by atomic mass is 16.5. The summed E-state index contributed by atoms with van der Waals surface area (Å²) in [5.41, 5.74) is 1.06. The average Bonchev–Trinajstić information content (AvgIpc) is 2.60. The number of nitrogens with zero attached hydrogens (tertiary/aromatic N) is 2. The van der Waals surface area contributed by atoms with Crippen molar-refractivity contribution in [3.8, 4) is 0 Å². The third-order valence-electron chi connectivity index (χ3n) is 2.20. The fourth-order valence-electron chi connectivity index (χ4n) is 1.50. The van der Waals surface area contributed by atoms with E-state index in [1.807, 2.05) is 22.9 Å². The molecule has 0 aliphatic heterocycles. The fraction of sp³-hybridized carbons (Fsp3) is 0.364. The minimum absolute atomic E-state index is 0.788. The molecule has 0 saturated carbocycles. The van der Waals surface area contributed by atoms with Gasteiger partial charge in [-0.15, -0.1) is 0 Å². The minimum atomic E-state index is 0.788. The number of ether oxygens (including phenoxy) is 1. The van der Waals surface area contributed by atoms with Gasteiger partial charge < -0.3 is 4.74 Å². The number of hydrogen-bond donors (Lipinski definition) is 0. The third-order valence-corrected chi connectivity index (χ3v) is 2.20. The summed E-state index contributed by atoms with van der Waals surface area (Å²) in [6.07, 6.45) is 3.08. The van der Waals surface area contributed by atoms with E-state index in [-0.39, 0.29) is 0 Å². The predicted molar refractivity (Wildman–Crippen MR) is 56.2 cm³/mol. The molecule has 2 aromatic rings. The highest BCUT2D eigenvalue weighted by Crippen LogP contribution is 2.10. The smallest absolute Gasteiger partial charge is 0.0923 e. The molecule has 14 heavy (non-hydrogen) atoms. The van der Waals surface area contributed by atoms with E-state index in [2.05, 4.69) is 17.4 Å². The number of methoxy groups -OCH3 is 1. The lowest BCUT2D eigenvalue weighted by Gasteiger charge is -1.98. The molecular formula is C11H14N2O. The maximum atomic E-state index is 5.00. The standard InChI is InChI=1S/C11H14N2O/c1-14-8-4-7-13-9-10-5-2-3-6-11(10)12-13/h2-3,5-6,9H,4,7-8H2,1H3. The van der Waals surface area contributed by atoms with E-state index < -0.39 is 0 Å². The predicted octanol–water partition coefficient (Wildman–Crippen LogP) is 2.07. The van der Waals surface area contributed by atoms with Crippen LogP contribution in [0.15, 0.2) is 30.5 Å². The Morgan fingerprint density at radius 1 is 1.36 bits per heavy atom. The summed E-state index contributed by atoms with van der Waals surface area (Å²) in [4.78, 5) is 0. The van der Waals surface area contributed by atoms with E-state index in [0.29, 0.717) is 0 Å². The molecule has 1 aromatic heterocycles. The van der Waals surface area contributed by atoms with Crippen LogP contribution < -0.4 is 0 Å². The molecule has 0 unspecified atom stereocenters. The van der Waals surface area contributed by atoms with Gasteiger partial charge in [0.1, 0.15) is 0 Å². The van der Waals surface area contributed by atoms with Crippen LogP contribution >= 0.6 is 0 Å². The Morgan fingerprint density at radius 2 is 2.21 bits per heavy atom. The fourth-order valence-corrected chi connectivity index (χ4v) is 1.50. The SMILES string of the molecule is COCCCn1cc2ccccc2n1. The Hall–Kier alpha value is -1.35. The number of aromatic nitrogens is 2. The molecule has 0 fully saturated rings. The van der Waals surface area contributed by atoms with Crippen molar-refractivity contribution >= 4 is 10.9 Å². The van der Waals surface area contributed by atoms with Gasteiger partial charge in [0.25, 0.3) is 0 Å². The summed E-state index contributed by atoms with van der Waals surface area (Å²) < 4.78 is 6.97. The third kappa shape index (κ3) is 1.93. The second kappa shape index (κ2) is 4.24. The molecule has 0 saturated heterocycles. The van der Waals surface area contributed by atoms with Crippen molar-refractivity contribution in [3.63, 3.8) is 0 Å². The van der Waals surface area contributed by atoms with Crippen molar-refractivity contribution in [2.24, 2.45) is 0 Å². The van der Waals surface area contributed by atoms with Gasteiger partial charge in [0.2, 0.25) is 0 Å². The van der Waals surface area contributed by atoms with Crippen molar-refractivity contribution in [2.45, 2.75) is 13.0 Å². The topological polar surface area (TPSA) is 27.1 Å². The van der Waals surface area contributed by atoms with Crippen molar-refractivity contribution in [3.05, 3.63) is 30.5 Å². The molecule has 74 valence electrons. The van der Waals surface area contributed by atoms with E-state index in [0.717, 1.165) is 25.1 Å². The van der Waals surface area contributed by atoms with Gasteiger partial charge in [-0.05, 0) is 12.5 Å². The van der Waals surface area contributed by atoms with Crippen LogP contribution in [0.5, 0.6) is 0 Å². The van der Waals surface area contributed by atoms with Gasteiger partial charge in [-0.3, -0.25) is 4.68 Å². The van der Waals surface area contributed by atoms with Crippen LogP contribution in [0.25, 0.3) is 10.9 Å². The molecular weight excluding hydrogens is 176 g/mol. The molecule has 2 rings (SSSR count). The molecule has 0 aliphatic carbocycles. The average molecular weight is 190 g/mol. The normalized spacial score (nSPS) is 10.9. The van der Waals surface area contributed by atoms with Crippen LogP contribution in [0.1, 0.15) is 6.42 Å². The van der Waals surface area contributed by atoms with E-state index in [9.17, 15) is 0 Å². The van der Waals surface area contributed by atoms with Crippen LogP contribution in [-0.2, 0) is 11.3 Å². The summed E-state index contributed by atoms with van der Waals surface area (Å²) >= 11 is 0. The molecule has 1 heterocycles. The number of fused-ring (bicyclic) bond motifs is 1. The van der Waals surface area contributed by atoms with Gasteiger partial charge in [0.05, 0.1) is 5.52 Å². The van der Waals surface area contributed by atoms with Crippen LogP contribution in [0.3, 0.4) is 0 Å². The summed E-state index contributed by atoms with van der Waals surface area (Å²) in [6, 6.07) is 8.15. The summed E-state index contributed by atoms with van der Waals surface area (Å²) in [5, 5.41) is 5.64. The lowest BCUT2D eigenvalue weighted by atomic mass is 10.3. The first-order chi connectivity index (χ1) is 6.90. The van der Waals surface area contributed by atoms with E-state index in [1.54, 1.807) is 7.11 Å². The van der Waals surface area contributed by atoms with Crippen LogP contribution in [0.4, 0.5) is 0 Å².